The van der Waals surface area contributed by atoms with Gasteiger partial charge in [-0.1, -0.05) is 77.8 Å². The summed E-state index contributed by atoms with van der Waals surface area (Å²) in [5.74, 6) is -0.960. The van der Waals surface area contributed by atoms with Crippen LogP contribution in [0.1, 0.15) is 21.5 Å². The second-order valence-electron chi connectivity index (χ2n) is 8.82. The molecule has 9 heteroatoms. The van der Waals surface area contributed by atoms with E-state index in [0.717, 1.165) is 16.1 Å². The van der Waals surface area contributed by atoms with Crippen molar-refractivity contribution in [3.63, 3.8) is 0 Å². The van der Waals surface area contributed by atoms with Crippen LogP contribution in [0.4, 0.5) is 0 Å². The molecular formula is C31H24Cl2N4O2S. The summed E-state index contributed by atoms with van der Waals surface area (Å²) in [5.41, 5.74) is 3.58. The summed E-state index contributed by atoms with van der Waals surface area (Å²) in [4.78, 5) is 27.6. The Morgan fingerprint density at radius 1 is 0.925 bits per heavy atom. The van der Waals surface area contributed by atoms with Crippen molar-refractivity contribution >= 4 is 52.4 Å². The lowest BCUT2D eigenvalue weighted by Crippen LogP contribution is -2.35. The smallest absolute Gasteiger partial charge is 0.267 e. The van der Waals surface area contributed by atoms with E-state index < -0.39 is 11.8 Å². The standard InChI is InChI=1S/C31H24Cl2N4O2S/c32-23-13-14-25(26(33)19-23)30(38)35-27(31(39)34-16-15-21-8-3-1-4-9-21)18-22-20-37(24-10-5-2-6-11-24)36-29(22)28-12-7-17-40-28/h1-14,17-20H,15-16H2,(H,34,39)(H,35,38). The van der Waals surface area contributed by atoms with Crippen LogP contribution < -0.4 is 10.6 Å². The molecule has 0 saturated carbocycles. The summed E-state index contributed by atoms with van der Waals surface area (Å²) in [7, 11) is 0. The summed E-state index contributed by atoms with van der Waals surface area (Å²) in [6.45, 7) is 0.388. The summed E-state index contributed by atoms with van der Waals surface area (Å²) >= 11 is 13.8. The van der Waals surface area contributed by atoms with Crippen LogP contribution in [-0.2, 0) is 11.2 Å². The van der Waals surface area contributed by atoms with E-state index >= 15 is 0 Å². The van der Waals surface area contributed by atoms with Crippen LogP contribution >= 0.6 is 34.5 Å². The molecule has 0 radical (unpaired) electrons. The van der Waals surface area contributed by atoms with Gasteiger partial charge in [-0.25, -0.2) is 4.68 Å². The maximum atomic E-state index is 13.4. The Kier molecular flexibility index (Phi) is 8.76. The topological polar surface area (TPSA) is 76.0 Å². The number of carbonyl (C=O) groups excluding carboxylic acids is 2. The molecule has 5 aromatic rings. The number of aromatic nitrogens is 2. The Bertz CT molecular complexity index is 1650. The lowest BCUT2D eigenvalue weighted by Gasteiger charge is -2.12. The molecule has 5 rings (SSSR count). The van der Waals surface area contributed by atoms with Gasteiger partial charge in [0.05, 0.1) is 21.2 Å². The van der Waals surface area contributed by atoms with Crippen molar-refractivity contribution in [2.24, 2.45) is 0 Å². The SMILES string of the molecule is O=C(NCCc1ccccc1)C(=Cc1cn(-c2ccccc2)nc1-c1cccs1)NC(=O)c1ccc(Cl)cc1Cl. The van der Waals surface area contributed by atoms with Crippen molar-refractivity contribution in [2.75, 3.05) is 6.54 Å². The Labute approximate surface area is 245 Å². The minimum atomic E-state index is -0.528. The summed E-state index contributed by atoms with van der Waals surface area (Å²) in [5, 5.41) is 13.0. The van der Waals surface area contributed by atoms with Crippen LogP contribution in [0.3, 0.4) is 0 Å². The van der Waals surface area contributed by atoms with E-state index in [2.05, 4.69) is 10.6 Å². The van der Waals surface area contributed by atoms with Crippen molar-refractivity contribution in [3.8, 4) is 16.3 Å². The lowest BCUT2D eigenvalue weighted by atomic mass is 10.1. The van der Waals surface area contributed by atoms with E-state index in [9.17, 15) is 9.59 Å². The molecule has 0 spiro atoms. The van der Waals surface area contributed by atoms with E-state index in [0.29, 0.717) is 29.2 Å². The molecule has 0 unspecified atom stereocenters. The number of benzene rings is 3. The van der Waals surface area contributed by atoms with Crippen molar-refractivity contribution in [3.05, 3.63) is 135 Å². The Morgan fingerprint density at radius 2 is 1.68 bits per heavy atom. The largest absolute Gasteiger partial charge is 0.350 e. The number of thiophene rings is 1. The molecule has 0 bridgehead atoms. The van der Waals surface area contributed by atoms with E-state index in [1.165, 1.54) is 23.5 Å². The second-order valence-corrected chi connectivity index (χ2v) is 10.6. The van der Waals surface area contributed by atoms with Crippen LogP contribution in [-0.4, -0.2) is 28.1 Å². The quantitative estimate of drug-likeness (QED) is 0.182. The van der Waals surface area contributed by atoms with E-state index in [-0.39, 0.29) is 16.3 Å². The Morgan fingerprint density at radius 3 is 2.38 bits per heavy atom. The summed E-state index contributed by atoms with van der Waals surface area (Å²) in [6, 6.07) is 28.0. The Hall–Kier alpha value is -4.17. The molecule has 0 aliphatic rings. The molecule has 0 atom stereocenters. The highest BCUT2D eigenvalue weighted by Gasteiger charge is 2.19. The third-order valence-corrected chi connectivity index (χ3v) is 7.45. The molecule has 6 nitrogen and oxygen atoms in total. The number of hydrogen-bond acceptors (Lipinski definition) is 4. The van der Waals surface area contributed by atoms with Gasteiger partial charge in [0.15, 0.2) is 0 Å². The van der Waals surface area contributed by atoms with E-state index in [1.807, 2.05) is 84.4 Å². The molecule has 200 valence electrons. The first kappa shape index (κ1) is 27.4. The Balaban J connectivity index is 1.49. The zero-order chi connectivity index (χ0) is 27.9. The molecule has 2 N–H and O–H groups in total. The minimum absolute atomic E-state index is 0.0643. The molecule has 2 amide bonds. The molecule has 2 aromatic heterocycles. The normalized spacial score (nSPS) is 11.3. The zero-order valence-electron chi connectivity index (χ0n) is 21.2. The van der Waals surface area contributed by atoms with Crippen molar-refractivity contribution in [1.82, 2.24) is 20.4 Å². The summed E-state index contributed by atoms with van der Waals surface area (Å²) < 4.78 is 1.75. The van der Waals surface area contributed by atoms with Gasteiger partial charge < -0.3 is 10.6 Å². The van der Waals surface area contributed by atoms with Crippen LogP contribution in [0.2, 0.25) is 10.0 Å². The van der Waals surface area contributed by atoms with Crippen molar-refractivity contribution in [1.29, 1.82) is 0 Å². The van der Waals surface area contributed by atoms with E-state index in [1.54, 1.807) is 16.8 Å². The fourth-order valence-corrected chi connectivity index (χ4v) is 5.27. The van der Waals surface area contributed by atoms with Gasteiger partial charge in [0.1, 0.15) is 11.4 Å². The maximum Gasteiger partial charge on any atom is 0.267 e. The van der Waals surface area contributed by atoms with Crippen LogP contribution in [0.25, 0.3) is 22.3 Å². The van der Waals surface area contributed by atoms with Gasteiger partial charge in [0.2, 0.25) is 0 Å². The first-order valence-corrected chi connectivity index (χ1v) is 14.1. The van der Waals surface area contributed by atoms with Gasteiger partial charge in [-0.15, -0.1) is 11.3 Å². The highest BCUT2D eigenvalue weighted by atomic mass is 35.5. The number of halogens is 2. The molecule has 0 aliphatic carbocycles. The van der Waals surface area contributed by atoms with Gasteiger partial charge in [0, 0.05) is 23.3 Å². The molecule has 40 heavy (non-hydrogen) atoms. The number of hydrogen-bond donors (Lipinski definition) is 2. The monoisotopic (exact) mass is 586 g/mol. The fraction of sp³-hybridized carbons (Fsp3) is 0.0645. The molecule has 2 heterocycles. The number of carbonyl (C=O) groups is 2. The average molecular weight is 588 g/mol. The van der Waals surface area contributed by atoms with Crippen LogP contribution in [0, 0.1) is 0 Å². The van der Waals surface area contributed by atoms with Gasteiger partial charge in [0.25, 0.3) is 11.8 Å². The van der Waals surface area contributed by atoms with Crippen molar-refractivity contribution < 1.29 is 9.59 Å². The third kappa shape index (κ3) is 6.69. The predicted molar refractivity (Wildman–Crippen MR) is 162 cm³/mol. The first-order chi connectivity index (χ1) is 19.5. The number of amides is 2. The molecule has 3 aromatic carbocycles. The number of para-hydroxylation sites is 1. The molecule has 0 fully saturated rings. The highest BCUT2D eigenvalue weighted by Crippen LogP contribution is 2.29. The van der Waals surface area contributed by atoms with Gasteiger partial charge in [-0.3, -0.25) is 9.59 Å². The van der Waals surface area contributed by atoms with Crippen molar-refractivity contribution in [2.45, 2.75) is 6.42 Å². The van der Waals surface area contributed by atoms with E-state index in [4.69, 9.17) is 28.3 Å². The molecular weight excluding hydrogens is 563 g/mol. The fourth-order valence-electron chi connectivity index (χ4n) is 4.05. The minimum Gasteiger partial charge on any atom is -0.350 e. The molecule has 0 saturated heterocycles. The lowest BCUT2D eigenvalue weighted by molar-refractivity contribution is -0.117. The number of rotatable bonds is 9. The van der Waals surface area contributed by atoms with Crippen LogP contribution in [0.5, 0.6) is 0 Å². The predicted octanol–water partition coefficient (Wildman–Crippen LogP) is 7.04. The van der Waals surface area contributed by atoms with Gasteiger partial charge >= 0.3 is 0 Å². The first-order valence-electron chi connectivity index (χ1n) is 12.5. The number of nitrogens with zero attached hydrogens (tertiary/aromatic N) is 2. The van der Waals surface area contributed by atoms with Gasteiger partial charge in [-0.2, -0.15) is 5.10 Å². The zero-order valence-corrected chi connectivity index (χ0v) is 23.5. The average Bonchev–Trinajstić information content (AvgIpc) is 3.64. The van der Waals surface area contributed by atoms with Crippen LogP contribution in [0.15, 0.2) is 108 Å². The third-order valence-electron chi connectivity index (χ3n) is 6.03. The summed E-state index contributed by atoms with van der Waals surface area (Å²) in [6.07, 6.45) is 4.12. The second kappa shape index (κ2) is 12.8. The molecule has 0 aliphatic heterocycles. The van der Waals surface area contributed by atoms with Gasteiger partial charge in [-0.05, 0) is 59.8 Å². The highest BCUT2D eigenvalue weighted by molar-refractivity contribution is 7.13. The maximum absolute atomic E-state index is 13.4. The number of nitrogens with one attached hydrogen (secondary N) is 2.